The van der Waals surface area contributed by atoms with Gasteiger partial charge in [0.05, 0.1) is 5.69 Å². The zero-order valence-electron chi connectivity index (χ0n) is 12.5. The lowest BCUT2D eigenvalue weighted by molar-refractivity contribution is -0.141. The van der Waals surface area contributed by atoms with E-state index in [0.717, 1.165) is 6.07 Å². The van der Waals surface area contributed by atoms with Crippen LogP contribution in [0.15, 0.2) is 18.2 Å². The average molecular weight is 366 g/mol. The van der Waals surface area contributed by atoms with E-state index in [0.29, 0.717) is 12.1 Å². The lowest BCUT2D eigenvalue weighted by Gasteiger charge is -2.13. The number of nitrogens with zero attached hydrogens (tertiary/aromatic N) is 2. The monoisotopic (exact) mass is 366 g/mol. The highest BCUT2D eigenvalue weighted by atomic mass is 19.4. The molecule has 0 saturated carbocycles. The van der Waals surface area contributed by atoms with Crippen LogP contribution in [0.5, 0.6) is 0 Å². The number of aliphatic hydroxyl groups is 1. The van der Waals surface area contributed by atoms with Crippen LogP contribution < -0.4 is 10.6 Å². The summed E-state index contributed by atoms with van der Waals surface area (Å²) in [6, 6.07) is 1.94. The molecule has 25 heavy (non-hydrogen) atoms. The summed E-state index contributed by atoms with van der Waals surface area (Å²) in [6.07, 6.45) is -4.57. The first-order valence-corrected chi connectivity index (χ1v) is 6.94. The first-order chi connectivity index (χ1) is 11.7. The number of alkyl halides is 3. The molecule has 0 bridgehead atoms. The summed E-state index contributed by atoms with van der Waals surface area (Å²) in [5, 5.41) is 13.3. The second-order valence-electron chi connectivity index (χ2n) is 4.81. The van der Waals surface area contributed by atoms with Crippen molar-refractivity contribution in [1.82, 2.24) is 9.97 Å². The molecule has 1 aromatic heterocycles. The molecule has 136 valence electrons. The highest BCUT2D eigenvalue weighted by molar-refractivity contribution is 5.58. The molecule has 0 amide bonds. The molecule has 0 atom stereocenters. The summed E-state index contributed by atoms with van der Waals surface area (Å²) in [7, 11) is 0. The van der Waals surface area contributed by atoms with Gasteiger partial charge >= 0.3 is 6.18 Å². The molecule has 1 heterocycles. The fourth-order valence-corrected chi connectivity index (χ4v) is 1.78. The van der Waals surface area contributed by atoms with Crippen molar-refractivity contribution in [3.05, 3.63) is 41.3 Å². The molecule has 0 aliphatic rings. The number of aliphatic hydroxyl groups excluding tert-OH is 1. The van der Waals surface area contributed by atoms with Crippen LogP contribution in [0.25, 0.3) is 0 Å². The van der Waals surface area contributed by atoms with Crippen LogP contribution in [-0.2, 0) is 6.18 Å². The minimum Gasteiger partial charge on any atom is -0.396 e. The molecular weight excluding hydrogens is 354 g/mol. The van der Waals surface area contributed by atoms with Crippen molar-refractivity contribution < 1.29 is 31.4 Å². The molecule has 11 heteroatoms. The molecule has 0 aliphatic heterocycles. The Labute approximate surface area is 137 Å². The van der Waals surface area contributed by atoms with Gasteiger partial charge in [-0.3, -0.25) is 0 Å². The topological polar surface area (TPSA) is 70.1 Å². The predicted octanol–water partition coefficient (Wildman–Crippen LogP) is 3.45. The molecule has 0 aliphatic carbocycles. The predicted molar refractivity (Wildman–Crippen MR) is 76.8 cm³/mol. The van der Waals surface area contributed by atoms with E-state index in [4.69, 9.17) is 5.11 Å². The Bertz CT molecular complexity index is 753. The van der Waals surface area contributed by atoms with Gasteiger partial charge in [0, 0.05) is 19.2 Å². The molecule has 2 aromatic rings. The van der Waals surface area contributed by atoms with Crippen molar-refractivity contribution in [3.8, 4) is 0 Å². The molecule has 0 radical (unpaired) electrons. The molecule has 1 aromatic carbocycles. The van der Waals surface area contributed by atoms with E-state index in [9.17, 15) is 26.3 Å². The van der Waals surface area contributed by atoms with Crippen LogP contribution in [0.4, 0.5) is 43.8 Å². The van der Waals surface area contributed by atoms with Gasteiger partial charge in [-0.05, 0) is 18.6 Å². The Balaban J connectivity index is 2.36. The maximum atomic E-state index is 13.6. The van der Waals surface area contributed by atoms with Gasteiger partial charge in [0.2, 0.25) is 5.95 Å². The fourth-order valence-electron chi connectivity index (χ4n) is 1.78. The summed E-state index contributed by atoms with van der Waals surface area (Å²) in [5.74, 6) is -5.70. The van der Waals surface area contributed by atoms with E-state index < -0.39 is 46.8 Å². The Kier molecular flexibility index (Phi) is 5.67. The standard InChI is InChI=1S/C14H12F6N4O/c15-7-2-3-8(12(17)11(7)16)22-10-6-9(14(18,19)20)23-13(24-10)21-4-1-5-25/h2-3,6,25H,1,4-5H2,(H2,21,22,23,24). The van der Waals surface area contributed by atoms with Gasteiger partial charge in [-0.2, -0.15) is 18.2 Å². The number of rotatable bonds is 6. The van der Waals surface area contributed by atoms with Gasteiger partial charge in [-0.1, -0.05) is 0 Å². The minimum atomic E-state index is -4.81. The number of nitrogens with one attached hydrogen (secondary N) is 2. The third-order valence-corrected chi connectivity index (χ3v) is 2.93. The summed E-state index contributed by atoms with van der Waals surface area (Å²) in [4.78, 5) is 6.98. The van der Waals surface area contributed by atoms with Crippen molar-refractivity contribution in [2.75, 3.05) is 23.8 Å². The first-order valence-electron chi connectivity index (χ1n) is 6.94. The lowest BCUT2D eigenvalue weighted by atomic mass is 10.2. The fraction of sp³-hybridized carbons (Fsp3) is 0.286. The summed E-state index contributed by atoms with van der Waals surface area (Å²) >= 11 is 0. The first kappa shape index (κ1) is 18.8. The van der Waals surface area contributed by atoms with Crippen molar-refractivity contribution in [1.29, 1.82) is 0 Å². The second kappa shape index (κ2) is 7.55. The SMILES string of the molecule is OCCCNc1nc(Nc2ccc(F)c(F)c2F)cc(C(F)(F)F)n1. The number of hydrogen-bond donors (Lipinski definition) is 3. The van der Waals surface area contributed by atoms with Gasteiger partial charge in [0.15, 0.2) is 23.1 Å². The summed E-state index contributed by atoms with van der Waals surface area (Å²) in [6.45, 7) is -0.103. The number of halogens is 6. The van der Waals surface area contributed by atoms with Gasteiger partial charge in [-0.15, -0.1) is 0 Å². The average Bonchev–Trinajstić information content (AvgIpc) is 2.55. The molecule has 2 rings (SSSR count). The van der Waals surface area contributed by atoms with Crippen LogP contribution in [0.2, 0.25) is 0 Å². The third kappa shape index (κ3) is 4.72. The van der Waals surface area contributed by atoms with E-state index in [1.807, 2.05) is 0 Å². The Morgan fingerprint density at radius 3 is 2.40 bits per heavy atom. The van der Waals surface area contributed by atoms with Crippen LogP contribution >= 0.6 is 0 Å². The molecule has 0 spiro atoms. The summed E-state index contributed by atoms with van der Waals surface area (Å²) in [5.41, 5.74) is -1.91. The van der Waals surface area contributed by atoms with Gasteiger partial charge < -0.3 is 15.7 Å². The molecule has 0 fully saturated rings. The Morgan fingerprint density at radius 2 is 1.76 bits per heavy atom. The zero-order valence-corrected chi connectivity index (χ0v) is 12.5. The zero-order chi connectivity index (χ0) is 18.6. The largest absolute Gasteiger partial charge is 0.433 e. The second-order valence-corrected chi connectivity index (χ2v) is 4.81. The molecule has 5 nitrogen and oxygen atoms in total. The van der Waals surface area contributed by atoms with Crippen LogP contribution in [0, 0.1) is 17.5 Å². The van der Waals surface area contributed by atoms with Crippen LogP contribution in [0.1, 0.15) is 12.1 Å². The van der Waals surface area contributed by atoms with E-state index >= 15 is 0 Å². The van der Waals surface area contributed by atoms with Crippen molar-refractivity contribution >= 4 is 17.5 Å². The molecule has 3 N–H and O–H groups in total. The number of aromatic nitrogens is 2. The van der Waals surface area contributed by atoms with E-state index in [1.54, 1.807) is 0 Å². The van der Waals surface area contributed by atoms with Crippen LogP contribution in [-0.4, -0.2) is 28.2 Å². The van der Waals surface area contributed by atoms with Crippen molar-refractivity contribution in [2.24, 2.45) is 0 Å². The maximum absolute atomic E-state index is 13.6. The molecule has 0 unspecified atom stereocenters. The van der Waals surface area contributed by atoms with Gasteiger partial charge in [-0.25, -0.2) is 18.2 Å². The van der Waals surface area contributed by atoms with Crippen LogP contribution in [0.3, 0.4) is 0 Å². The minimum absolute atomic E-state index is 0.0940. The smallest absolute Gasteiger partial charge is 0.396 e. The van der Waals surface area contributed by atoms with Gasteiger partial charge in [0.1, 0.15) is 5.82 Å². The molecule has 0 saturated heterocycles. The lowest BCUT2D eigenvalue weighted by Crippen LogP contribution is -2.14. The third-order valence-electron chi connectivity index (χ3n) is 2.93. The Morgan fingerprint density at radius 1 is 1.04 bits per heavy atom. The number of anilines is 3. The van der Waals surface area contributed by atoms with Crippen molar-refractivity contribution in [2.45, 2.75) is 12.6 Å². The van der Waals surface area contributed by atoms with E-state index in [-0.39, 0.29) is 19.6 Å². The number of benzene rings is 1. The number of hydrogen-bond acceptors (Lipinski definition) is 5. The maximum Gasteiger partial charge on any atom is 0.433 e. The summed E-state index contributed by atoms with van der Waals surface area (Å²) < 4.78 is 78.5. The Hall–Kier alpha value is -2.56. The normalized spacial score (nSPS) is 11.5. The van der Waals surface area contributed by atoms with E-state index in [2.05, 4.69) is 20.6 Å². The molecular formula is C14H12F6N4O. The van der Waals surface area contributed by atoms with Crippen molar-refractivity contribution in [3.63, 3.8) is 0 Å². The highest BCUT2D eigenvalue weighted by Crippen LogP contribution is 2.31. The quantitative estimate of drug-likeness (QED) is 0.415. The van der Waals surface area contributed by atoms with E-state index in [1.165, 1.54) is 0 Å². The highest BCUT2D eigenvalue weighted by Gasteiger charge is 2.34. The van der Waals surface area contributed by atoms with Gasteiger partial charge in [0.25, 0.3) is 0 Å².